The summed E-state index contributed by atoms with van der Waals surface area (Å²) in [6.45, 7) is 2.80. The molecular formula is C26H28ClNO9. The van der Waals surface area contributed by atoms with Gasteiger partial charge >= 0.3 is 0 Å². The summed E-state index contributed by atoms with van der Waals surface area (Å²) >= 11 is 0. The number of carbonyl (C=O) groups excluding carboxylic acids is 3. The van der Waals surface area contributed by atoms with Crippen molar-refractivity contribution in [1.82, 2.24) is 0 Å². The highest BCUT2D eigenvalue weighted by Gasteiger charge is 2.49. The summed E-state index contributed by atoms with van der Waals surface area (Å²) in [5.74, 6) is -3.06. The molecule has 10 nitrogen and oxygen atoms in total. The number of ether oxygens (including phenoxy) is 2. The highest BCUT2D eigenvalue weighted by molar-refractivity contribution is 6.30. The molecule has 2 aliphatic carbocycles. The van der Waals surface area contributed by atoms with Crippen molar-refractivity contribution in [2.45, 2.75) is 69.4 Å². The molecule has 1 aliphatic heterocycles. The van der Waals surface area contributed by atoms with Crippen molar-refractivity contribution in [3.05, 3.63) is 57.6 Å². The molecule has 1 unspecified atom stereocenters. The molecule has 0 saturated carbocycles. The Morgan fingerprint density at radius 1 is 1.11 bits per heavy atom. The van der Waals surface area contributed by atoms with Crippen LogP contribution in [0.1, 0.15) is 75.8 Å². The van der Waals surface area contributed by atoms with Gasteiger partial charge in [-0.05, 0) is 13.8 Å². The standard InChI is InChI=1S/C26H27NO9.ClH/c1-10-21(29)15(27)7-17(35-10)36-16-9-26(34,11(2)28)8-14-18(16)25(33)20-19(24(14)32)22(30)12-5-3-4-6-13(12)23(20)31;/h3-6,10,15-17,21,29,32-34H,7-9,27H2,1-2H3;1H/t10-,15-,16+,17+,21?,26+;/m1./s1. The van der Waals surface area contributed by atoms with Crippen LogP contribution in [-0.2, 0) is 20.7 Å². The van der Waals surface area contributed by atoms with Gasteiger partial charge in [-0.3, -0.25) is 14.4 Å². The van der Waals surface area contributed by atoms with Crippen LogP contribution in [0.2, 0.25) is 0 Å². The van der Waals surface area contributed by atoms with E-state index >= 15 is 0 Å². The summed E-state index contributed by atoms with van der Waals surface area (Å²) in [7, 11) is 0. The molecule has 1 saturated heterocycles. The van der Waals surface area contributed by atoms with Gasteiger partial charge in [-0.25, -0.2) is 0 Å². The lowest BCUT2D eigenvalue weighted by Crippen LogP contribution is -2.52. The highest BCUT2D eigenvalue weighted by Crippen LogP contribution is 2.51. The van der Waals surface area contributed by atoms with Crippen molar-refractivity contribution in [2.75, 3.05) is 0 Å². The summed E-state index contributed by atoms with van der Waals surface area (Å²) < 4.78 is 11.8. The van der Waals surface area contributed by atoms with Gasteiger partial charge in [-0.15, -0.1) is 12.4 Å². The summed E-state index contributed by atoms with van der Waals surface area (Å²) in [6, 6.07) is 5.40. The molecule has 37 heavy (non-hydrogen) atoms. The van der Waals surface area contributed by atoms with E-state index in [1.54, 1.807) is 19.1 Å². The van der Waals surface area contributed by atoms with Gasteiger partial charge in [0.15, 0.2) is 23.6 Å². The number of benzene rings is 2. The topological polar surface area (TPSA) is 177 Å². The fraction of sp³-hybridized carbons (Fsp3) is 0.423. The number of fused-ring (bicyclic) bond motifs is 3. The Morgan fingerprint density at radius 3 is 2.22 bits per heavy atom. The Labute approximate surface area is 218 Å². The molecule has 1 fully saturated rings. The quantitative estimate of drug-likeness (QED) is 0.309. The van der Waals surface area contributed by atoms with E-state index in [0.717, 1.165) is 0 Å². The third-order valence-corrected chi connectivity index (χ3v) is 7.50. The van der Waals surface area contributed by atoms with Crippen molar-refractivity contribution >= 4 is 29.8 Å². The number of carbonyl (C=O) groups is 3. The lowest BCUT2D eigenvalue weighted by atomic mass is 9.72. The second-order valence-corrected chi connectivity index (χ2v) is 9.80. The minimum Gasteiger partial charge on any atom is -0.507 e. The van der Waals surface area contributed by atoms with Crippen molar-refractivity contribution in [1.29, 1.82) is 0 Å². The SMILES string of the molecule is CC(=O)[C@]1(O)Cc2c(O)c3c(c(O)c2[C@@H](O[C@H]2C[C@@H](N)C(O)[C@@H](C)O2)C1)C(=O)c1ccccc1C3=O.Cl. The second-order valence-electron chi connectivity index (χ2n) is 9.80. The lowest BCUT2D eigenvalue weighted by molar-refractivity contribution is -0.247. The number of halogens is 1. The number of aliphatic hydroxyl groups excluding tert-OH is 1. The number of aliphatic hydroxyl groups is 2. The minimum absolute atomic E-state index is 0. The zero-order valence-corrected chi connectivity index (χ0v) is 20.9. The van der Waals surface area contributed by atoms with Crippen LogP contribution in [0.5, 0.6) is 11.5 Å². The number of hydrogen-bond acceptors (Lipinski definition) is 10. The number of nitrogens with two attached hydrogens (primary N) is 1. The minimum atomic E-state index is -1.97. The number of Topliss-reactive ketones (excluding diaryl/α,β-unsaturated/α-hetero) is 1. The maximum atomic E-state index is 13.3. The van der Waals surface area contributed by atoms with E-state index in [1.807, 2.05) is 0 Å². The molecule has 198 valence electrons. The number of phenolic OH excluding ortho intramolecular Hbond substituents is 2. The molecule has 6 N–H and O–H groups in total. The van der Waals surface area contributed by atoms with Crippen molar-refractivity contribution < 1.29 is 44.3 Å². The maximum absolute atomic E-state index is 13.3. The molecule has 0 bridgehead atoms. The summed E-state index contributed by atoms with van der Waals surface area (Å²) in [5.41, 5.74) is 3.38. The predicted molar refractivity (Wildman–Crippen MR) is 131 cm³/mol. The van der Waals surface area contributed by atoms with E-state index in [0.29, 0.717) is 0 Å². The van der Waals surface area contributed by atoms with E-state index in [1.165, 1.54) is 19.1 Å². The third-order valence-electron chi connectivity index (χ3n) is 7.50. The first-order valence-electron chi connectivity index (χ1n) is 11.7. The van der Waals surface area contributed by atoms with Crippen LogP contribution in [0, 0.1) is 0 Å². The van der Waals surface area contributed by atoms with Crippen LogP contribution in [-0.4, -0.2) is 67.9 Å². The Hall–Kier alpha value is -2.86. The average molecular weight is 534 g/mol. The van der Waals surface area contributed by atoms with Crippen LogP contribution in [0.15, 0.2) is 24.3 Å². The maximum Gasteiger partial charge on any atom is 0.198 e. The largest absolute Gasteiger partial charge is 0.507 e. The Bertz CT molecular complexity index is 1300. The molecule has 0 radical (unpaired) electrons. The summed E-state index contributed by atoms with van der Waals surface area (Å²) in [4.78, 5) is 39.0. The van der Waals surface area contributed by atoms with Crippen molar-refractivity contribution in [3.63, 3.8) is 0 Å². The first kappa shape index (κ1) is 27.2. The van der Waals surface area contributed by atoms with Gasteiger partial charge in [0, 0.05) is 47.6 Å². The molecule has 0 spiro atoms. The first-order valence-corrected chi connectivity index (χ1v) is 11.7. The van der Waals surface area contributed by atoms with Crippen LogP contribution in [0.25, 0.3) is 0 Å². The van der Waals surface area contributed by atoms with Gasteiger partial charge in [0.2, 0.25) is 0 Å². The van der Waals surface area contributed by atoms with Gasteiger partial charge < -0.3 is 35.6 Å². The molecule has 5 rings (SSSR count). The number of aromatic hydroxyl groups is 2. The predicted octanol–water partition coefficient (Wildman–Crippen LogP) is 1.44. The van der Waals surface area contributed by atoms with Crippen molar-refractivity contribution in [2.24, 2.45) is 5.73 Å². The first-order chi connectivity index (χ1) is 16.9. The molecule has 0 amide bonds. The smallest absolute Gasteiger partial charge is 0.198 e. The molecule has 0 aromatic heterocycles. The normalized spacial score (nSPS) is 30.6. The zero-order valence-electron chi connectivity index (χ0n) is 20.1. The van der Waals surface area contributed by atoms with Gasteiger partial charge in [-0.1, -0.05) is 24.3 Å². The van der Waals surface area contributed by atoms with Crippen LogP contribution in [0.3, 0.4) is 0 Å². The van der Waals surface area contributed by atoms with E-state index in [2.05, 4.69) is 0 Å². The molecule has 2 aromatic carbocycles. The fourth-order valence-corrected chi connectivity index (χ4v) is 5.42. The van der Waals surface area contributed by atoms with Crippen LogP contribution in [0.4, 0.5) is 0 Å². The lowest BCUT2D eigenvalue weighted by Gasteiger charge is -2.42. The molecule has 2 aromatic rings. The highest BCUT2D eigenvalue weighted by atomic mass is 35.5. The fourth-order valence-electron chi connectivity index (χ4n) is 5.42. The molecule has 11 heteroatoms. The van der Waals surface area contributed by atoms with Gasteiger partial charge in [0.1, 0.15) is 17.1 Å². The number of hydrogen-bond donors (Lipinski definition) is 5. The number of ketones is 3. The Balaban J connectivity index is 0.00000320. The number of rotatable bonds is 3. The molecule has 6 atom stereocenters. The second kappa shape index (κ2) is 9.46. The monoisotopic (exact) mass is 533 g/mol. The van der Waals surface area contributed by atoms with E-state index < -0.39 is 71.5 Å². The zero-order chi connectivity index (χ0) is 26.1. The Kier molecular flexibility index (Phi) is 6.95. The van der Waals surface area contributed by atoms with Crippen LogP contribution >= 0.6 is 12.4 Å². The Morgan fingerprint density at radius 2 is 1.68 bits per heavy atom. The average Bonchev–Trinajstić information content (AvgIpc) is 2.82. The number of phenols is 2. The van der Waals surface area contributed by atoms with Gasteiger partial charge in [0.05, 0.1) is 29.4 Å². The van der Waals surface area contributed by atoms with Crippen molar-refractivity contribution in [3.8, 4) is 11.5 Å². The van der Waals surface area contributed by atoms with Gasteiger partial charge in [-0.2, -0.15) is 0 Å². The third kappa shape index (κ3) is 4.14. The molecule has 3 aliphatic rings. The summed E-state index contributed by atoms with van der Waals surface area (Å²) in [6.07, 6.45) is -4.38. The van der Waals surface area contributed by atoms with E-state index in [-0.39, 0.29) is 58.6 Å². The molecular weight excluding hydrogens is 506 g/mol. The van der Waals surface area contributed by atoms with Crippen LogP contribution < -0.4 is 5.73 Å². The van der Waals surface area contributed by atoms with E-state index in [9.17, 15) is 34.8 Å². The van der Waals surface area contributed by atoms with Gasteiger partial charge in [0.25, 0.3) is 0 Å². The summed E-state index contributed by atoms with van der Waals surface area (Å²) in [5, 5.41) is 43.8. The van der Waals surface area contributed by atoms with E-state index in [4.69, 9.17) is 15.2 Å². The molecule has 1 heterocycles.